The molecule has 1 aromatic heterocycles. The van der Waals surface area contributed by atoms with Crippen molar-refractivity contribution in [3.63, 3.8) is 0 Å². The lowest BCUT2D eigenvalue weighted by molar-refractivity contribution is -0.139. The minimum Gasteiger partial charge on any atom is -0.496 e. The summed E-state index contributed by atoms with van der Waals surface area (Å²) in [5.74, 6) is 3.10. The average Bonchev–Trinajstić information content (AvgIpc) is 3.22. The van der Waals surface area contributed by atoms with Crippen LogP contribution in [0.3, 0.4) is 0 Å². The minimum atomic E-state index is -4.97. The molecule has 0 aliphatic carbocycles. The molecule has 188 valence electrons. The second-order valence-corrected chi connectivity index (χ2v) is 7.63. The van der Waals surface area contributed by atoms with Crippen molar-refractivity contribution in [3.05, 3.63) is 56.4 Å². The van der Waals surface area contributed by atoms with Gasteiger partial charge < -0.3 is 23.7 Å². The van der Waals surface area contributed by atoms with Crippen LogP contribution in [0, 0.1) is 12.3 Å². The molecule has 1 aromatic carbocycles. The van der Waals surface area contributed by atoms with Crippen molar-refractivity contribution in [2.24, 2.45) is 0 Å². The van der Waals surface area contributed by atoms with Gasteiger partial charge in [-0.1, -0.05) is 12.0 Å². The highest BCUT2D eigenvalue weighted by Gasteiger charge is 2.40. The zero-order chi connectivity index (χ0) is 25.8. The van der Waals surface area contributed by atoms with E-state index in [0.29, 0.717) is 27.8 Å². The maximum Gasteiger partial charge on any atom is 0.423 e. The Morgan fingerprint density at radius 1 is 1.29 bits per heavy atom. The zero-order valence-electron chi connectivity index (χ0n) is 18.6. The molecule has 0 bridgehead atoms. The van der Waals surface area contributed by atoms with Crippen molar-refractivity contribution in [3.8, 4) is 23.8 Å². The van der Waals surface area contributed by atoms with E-state index < -0.39 is 41.4 Å². The third-order valence-corrected chi connectivity index (χ3v) is 5.48. The van der Waals surface area contributed by atoms with Crippen LogP contribution in [-0.2, 0) is 20.4 Å². The number of aromatic nitrogens is 2. The second-order valence-electron chi connectivity index (χ2n) is 7.26. The number of terminal acetylenes is 1. The van der Waals surface area contributed by atoms with Crippen LogP contribution in [-0.4, -0.2) is 54.2 Å². The van der Waals surface area contributed by atoms with Gasteiger partial charge in [-0.25, -0.2) is 4.79 Å². The highest BCUT2D eigenvalue weighted by Crippen LogP contribution is 2.33. The van der Waals surface area contributed by atoms with Gasteiger partial charge in [0.1, 0.15) is 48.2 Å². The number of alkyl halides is 3. The fraction of sp³-hybridized carbons (Fsp3) is 0.409. The van der Waals surface area contributed by atoms with Crippen LogP contribution >= 0.6 is 12.2 Å². The molecule has 1 saturated heterocycles. The highest BCUT2D eigenvalue weighted by atomic mass is 32.1. The smallest absolute Gasteiger partial charge is 0.423 e. The summed E-state index contributed by atoms with van der Waals surface area (Å²) in [6, 6.07) is 5.03. The lowest BCUT2D eigenvalue weighted by Crippen LogP contribution is -2.36. The molecule has 9 nitrogen and oxygen atoms in total. The Morgan fingerprint density at radius 2 is 1.94 bits per heavy atom. The van der Waals surface area contributed by atoms with Crippen LogP contribution in [0.4, 0.5) is 13.2 Å². The van der Waals surface area contributed by atoms with Gasteiger partial charge in [0.2, 0.25) is 0 Å². The van der Waals surface area contributed by atoms with Crippen molar-refractivity contribution < 1.29 is 36.9 Å². The van der Waals surface area contributed by atoms with Crippen LogP contribution in [0.1, 0.15) is 23.8 Å². The van der Waals surface area contributed by atoms with Gasteiger partial charge in [0.25, 0.3) is 5.56 Å². The third kappa shape index (κ3) is 5.84. The van der Waals surface area contributed by atoms with Gasteiger partial charge in [-0.15, -0.1) is 6.42 Å². The van der Waals surface area contributed by atoms with Crippen LogP contribution in [0.25, 0.3) is 0 Å². The van der Waals surface area contributed by atoms with E-state index in [9.17, 15) is 22.8 Å². The first-order valence-electron chi connectivity index (χ1n) is 10.1. The lowest BCUT2D eigenvalue weighted by atomic mass is 10.1. The maximum absolute atomic E-state index is 13.2. The fourth-order valence-corrected chi connectivity index (χ4v) is 3.80. The molecule has 2 aromatic rings. The molecule has 3 atom stereocenters. The van der Waals surface area contributed by atoms with E-state index in [0.717, 1.165) is 0 Å². The Hall–Kier alpha value is -3.34. The maximum atomic E-state index is 13.2. The van der Waals surface area contributed by atoms with Gasteiger partial charge in [-0.2, -0.15) is 13.2 Å². The number of methoxy groups -OCH3 is 2. The average molecular weight is 514 g/mol. The van der Waals surface area contributed by atoms with E-state index in [1.54, 1.807) is 23.2 Å². The second kappa shape index (κ2) is 10.9. The molecular weight excluding hydrogens is 493 g/mol. The molecule has 1 aliphatic rings. The molecule has 0 spiro atoms. The Morgan fingerprint density at radius 3 is 2.51 bits per heavy atom. The van der Waals surface area contributed by atoms with Gasteiger partial charge in [0.15, 0.2) is 5.05 Å². The number of thiocarbonyl (C=S) groups is 1. The SMILES string of the molecule is C#CCO[C@H]1C[C@H](n2cc(C(F)(F)F)c(=O)[nH]c2=O)O[C@@H]1COC(=S)c1c(OC)cccc1OC. The Bertz CT molecular complexity index is 1210. The number of hydrogen-bond donors (Lipinski definition) is 1. The number of nitrogens with one attached hydrogen (secondary N) is 1. The summed E-state index contributed by atoms with van der Waals surface area (Å²) in [4.78, 5) is 25.5. The fourth-order valence-electron chi connectivity index (χ4n) is 3.54. The van der Waals surface area contributed by atoms with Crippen molar-refractivity contribution in [1.29, 1.82) is 0 Å². The summed E-state index contributed by atoms with van der Waals surface area (Å²) in [5, 5.41) is 0.0163. The summed E-state index contributed by atoms with van der Waals surface area (Å²) in [6.45, 7) is -0.299. The Balaban J connectivity index is 1.84. The lowest BCUT2D eigenvalue weighted by Gasteiger charge is -2.20. The number of nitrogens with zero attached hydrogens (tertiary/aromatic N) is 1. The van der Waals surface area contributed by atoms with Crippen LogP contribution in [0.5, 0.6) is 11.5 Å². The summed E-state index contributed by atoms with van der Waals surface area (Å²) in [6.07, 6.45) is -2.13. The van der Waals surface area contributed by atoms with E-state index in [4.69, 9.17) is 42.3 Å². The molecule has 0 unspecified atom stereocenters. The number of ether oxygens (including phenoxy) is 5. The first-order chi connectivity index (χ1) is 16.6. The molecule has 0 amide bonds. The number of hydrogen-bond acceptors (Lipinski definition) is 8. The van der Waals surface area contributed by atoms with Crippen LogP contribution in [0.2, 0.25) is 0 Å². The van der Waals surface area contributed by atoms with Gasteiger partial charge in [-0.3, -0.25) is 14.3 Å². The Labute approximate surface area is 202 Å². The summed E-state index contributed by atoms with van der Waals surface area (Å²) in [5.41, 5.74) is -3.77. The predicted molar refractivity (Wildman–Crippen MR) is 121 cm³/mol. The predicted octanol–water partition coefficient (Wildman–Crippen LogP) is 2.27. The molecule has 0 radical (unpaired) electrons. The first kappa shape index (κ1) is 26.3. The van der Waals surface area contributed by atoms with Gasteiger partial charge in [-0.05, 0) is 24.4 Å². The monoisotopic (exact) mass is 514 g/mol. The molecule has 13 heteroatoms. The van der Waals surface area contributed by atoms with Crippen LogP contribution in [0.15, 0.2) is 34.0 Å². The zero-order valence-corrected chi connectivity index (χ0v) is 19.4. The van der Waals surface area contributed by atoms with E-state index in [2.05, 4.69) is 5.92 Å². The van der Waals surface area contributed by atoms with E-state index in [-0.39, 0.29) is 24.7 Å². The number of aromatic amines is 1. The topological polar surface area (TPSA) is 101 Å². The number of halogens is 3. The van der Waals surface area contributed by atoms with E-state index >= 15 is 0 Å². The molecule has 0 saturated carbocycles. The largest absolute Gasteiger partial charge is 0.496 e. The standard InChI is InChI=1S/C22H21F3N2O7S/c1-4-8-32-15-9-17(27-10-12(22(23,24)25)19(28)26-21(27)29)34-16(15)11-33-20(35)18-13(30-2)6-5-7-14(18)31-3/h1,5-7,10,15-17H,8-9,11H2,2-3H3,(H,26,28,29)/t15-,16+,17+/m0/s1. The first-order valence-corrected chi connectivity index (χ1v) is 10.5. The third-order valence-electron chi connectivity index (χ3n) is 5.16. The van der Waals surface area contributed by atoms with Crippen molar-refractivity contribution in [2.45, 2.75) is 31.0 Å². The molecule has 2 heterocycles. The van der Waals surface area contributed by atoms with Gasteiger partial charge >= 0.3 is 11.9 Å². The number of benzene rings is 1. The summed E-state index contributed by atoms with van der Waals surface area (Å²) >= 11 is 5.37. The number of H-pyrrole nitrogens is 1. The van der Waals surface area contributed by atoms with Crippen LogP contribution < -0.4 is 20.7 Å². The minimum absolute atomic E-state index is 0.0163. The van der Waals surface area contributed by atoms with E-state index in [1.165, 1.54) is 14.2 Å². The molecular formula is C22H21F3N2O7S. The molecule has 1 aliphatic heterocycles. The summed E-state index contributed by atoms with van der Waals surface area (Å²) in [7, 11) is 2.90. The van der Waals surface area contributed by atoms with Crippen molar-refractivity contribution in [1.82, 2.24) is 9.55 Å². The quantitative estimate of drug-likeness (QED) is 0.423. The Kier molecular flexibility index (Phi) is 8.21. The highest BCUT2D eigenvalue weighted by molar-refractivity contribution is 7.80. The molecule has 1 N–H and O–H groups in total. The molecule has 35 heavy (non-hydrogen) atoms. The van der Waals surface area contributed by atoms with Crippen molar-refractivity contribution in [2.75, 3.05) is 27.4 Å². The molecule has 1 fully saturated rings. The van der Waals surface area contributed by atoms with Crippen molar-refractivity contribution >= 4 is 17.3 Å². The summed E-state index contributed by atoms with van der Waals surface area (Å²) < 4.78 is 67.9. The molecule has 3 rings (SSSR count). The van der Waals surface area contributed by atoms with Gasteiger partial charge in [0.05, 0.1) is 20.3 Å². The van der Waals surface area contributed by atoms with Gasteiger partial charge in [0, 0.05) is 12.6 Å². The normalized spacial score (nSPS) is 19.7. The number of rotatable bonds is 8. The van der Waals surface area contributed by atoms with E-state index in [1.807, 2.05) is 0 Å².